The predicted molar refractivity (Wildman–Crippen MR) is 91.9 cm³/mol. The third-order valence-electron chi connectivity index (χ3n) is 5.00. The molecule has 0 unspecified atom stereocenters. The third kappa shape index (κ3) is 2.38. The Labute approximate surface area is 140 Å². The van der Waals surface area contributed by atoms with Crippen molar-refractivity contribution < 1.29 is 4.79 Å². The Balaban J connectivity index is 1.54. The highest BCUT2D eigenvalue weighted by Gasteiger charge is 2.28. The second kappa shape index (κ2) is 5.78. The van der Waals surface area contributed by atoms with E-state index in [1.807, 2.05) is 47.7 Å². The van der Waals surface area contributed by atoms with E-state index in [1.165, 1.54) is 0 Å². The minimum atomic E-state index is 0.126. The Morgan fingerprint density at radius 2 is 2.00 bits per heavy atom. The van der Waals surface area contributed by atoms with Gasteiger partial charge in [-0.1, -0.05) is 18.2 Å². The van der Waals surface area contributed by atoms with Crippen molar-refractivity contribution in [2.45, 2.75) is 25.7 Å². The second-order valence-electron chi connectivity index (χ2n) is 6.54. The Kier molecular flexibility index (Phi) is 3.59. The number of benzene rings is 1. The number of hydrogen-bond acceptors (Lipinski definition) is 3. The molecule has 6 nitrogen and oxygen atoms in total. The molecule has 1 aliphatic heterocycles. The summed E-state index contributed by atoms with van der Waals surface area (Å²) < 4.78 is 1.98. The van der Waals surface area contributed by atoms with Crippen LogP contribution in [0.1, 0.15) is 40.6 Å². The quantitative estimate of drug-likeness (QED) is 0.788. The van der Waals surface area contributed by atoms with Crippen LogP contribution < -0.4 is 0 Å². The van der Waals surface area contributed by atoms with Crippen LogP contribution in [0, 0.1) is 6.92 Å². The molecular formula is C18H21N5O. The first-order chi connectivity index (χ1) is 11.6. The van der Waals surface area contributed by atoms with Gasteiger partial charge in [0.1, 0.15) is 12.2 Å². The molecule has 0 radical (unpaired) electrons. The first kappa shape index (κ1) is 14.9. The lowest BCUT2D eigenvalue weighted by molar-refractivity contribution is 0.0712. The molecule has 0 saturated carbocycles. The fraction of sp³-hybridized carbons (Fsp3) is 0.389. The summed E-state index contributed by atoms with van der Waals surface area (Å²) in [6.45, 7) is 3.49. The molecule has 24 heavy (non-hydrogen) atoms. The SMILES string of the molecule is Cc1[nH]c2ccccc2c1C(=O)N1CCC(c2nncn2C)CC1. The number of piperidine rings is 1. The van der Waals surface area contributed by atoms with Gasteiger partial charge >= 0.3 is 0 Å². The number of aromatic nitrogens is 4. The first-order valence-electron chi connectivity index (χ1n) is 8.35. The fourth-order valence-electron chi connectivity index (χ4n) is 3.71. The maximum absolute atomic E-state index is 13.0. The summed E-state index contributed by atoms with van der Waals surface area (Å²) in [5, 5.41) is 9.19. The smallest absolute Gasteiger partial charge is 0.256 e. The number of likely N-dealkylation sites (tertiary alicyclic amines) is 1. The molecule has 2 aromatic heterocycles. The molecule has 1 saturated heterocycles. The number of aromatic amines is 1. The van der Waals surface area contributed by atoms with Crippen molar-refractivity contribution in [1.29, 1.82) is 0 Å². The van der Waals surface area contributed by atoms with Gasteiger partial charge in [-0.2, -0.15) is 0 Å². The second-order valence-corrected chi connectivity index (χ2v) is 6.54. The molecule has 3 aromatic rings. The number of carbonyl (C=O) groups excluding carboxylic acids is 1. The van der Waals surface area contributed by atoms with Crippen LogP contribution >= 0.6 is 0 Å². The molecule has 1 fully saturated rings. The van der Waals surface area contributed by atoms with Crippen molar-refractivity contribution in [1.82, 2.24) is 24.6 Å². The van der Waals surface area contributed by atoms with Gasteiger partial charge in [0, 0.05) is 42.7 Å². The Morgan fingerprint density at radius 1 is 1.25 bits per heavy atom. The van der Waals surface area contributed by atoms with Gasteiger partial charge in [0.25, 0.3) is 5.91 Å². The molecule has 0 atom stereocenters. The Bertz CT molecular complexity index is 886. The molecule has 3 heterocycles. The number of hydrogen-bond donors (Lipinski definition) is 1. The summed E-state index contributed by atoms with van der Waals surface area (Å²) >= 11 is 0. The molecule has 0 aliphatic carbocycles. The zero-order valence-corrected chi connectivity index (χ0v) is 14.0. The maximum atomic E-state index is 13.0. The lowest BCUT2D eigenvalue weighted by Gasteiger charge is -2.31. The summed E-state index contributed by atoms with van der Waals surface area (Å²) in [7, 11) is 1.97. The highest BCUT2D eigenvalue weighted by Crippen LogP contribution is 2.29. The topological polar surface area (TPSA) is 66.8 Å². The number of amides is 1. The number of H-pyrrole nitrogens is 1. The monoisotopic (exact) mass is 323 g/mol. The predicted octanol–water partition coefficient (Wildman–Crippen LogP) is 2.62. The van der Waals surface area contributed by atoms with Gasteiger partial charge in [0.05, 0.1) is 5.56 Å². The molecule has 6 heteroatoms. The van der Waals surface area contributed by atoms with Gasteiger partial charge < -0.3 is 14.5 Å². The van der Waals surface area contributed by atoms with Crippen LogP contribution in [0.2, 0.25) is 0 Å². The molecule has 0 bridgehead atoms. The van der Waals surface area contributed by atoms with Crippen LogP contribution in [0.5, 0.6) is 0 Å². The normalized spacial score (nSPS) is 16.0. The van der Waals surface area contributed by atoms with Gasteiger partial charge in [-0.25, -0.2) is 0 Å². The summed E-state index contributed by atoms with van der Waals surface area (Å²) in [5.74, 6) is 1.53. The summed E-state index contributed by atoms with van der Waals surface area (Å²) in [4.78, 5) is 18.3. The number of para-hydroxylation sites is 1. The fourth-order valence-corrected chi connectivity index (χ4v) is 3.71. The number of carbonyl (C=O) groups is 1. The number of aryl methyl sites for hydroxylation is 2. The first-order valence-corrected chi connectivity index (χ1v) is 8.35. The van der Waals surface area contributed by atoms with Gasteiger partial charge in [0.2, 0.25) is 0 Å². The van der Waals surface area contributed by atoms with Gasteiger partial charge in [-0.15, -0.1) is 10.2 Å². The number of nitrogens with zero attached hydrogens (tertiary/aromatic N) is 4. The lowest BCUT2D eigenvalue weighted by Crippen LogP contribution is -2.38. The van der Waals surface area contributed by atoms with Crippen molar-refractivity contribution in [2.75, 3.05) is 13.1 Å². The highest BCUT2D eigenvalue weighted by molar-refractivity contribution is 6.08. The van der Waals surface area contributed by atoms with Crippen molar-refractivity contribution in [3.05, 3.63) is 47.7 Å². The van der Waals surface area contributed by atoms with Gasteiger partial charge in [-0.3, -0.25) is 4.79 Å². The van der Waals surface area contributed by atoms with Crippen LogP contribution in [-0.2, 0) is 7.05 Å². The third-order valence-corrected chi connectivity index (χ3v) is 5.00. The molecule has 1 aliphatic rings. The van der Waals surface area contributed by atoms with E-state index in [2.05, 4.69) is 15.2 Å². The molecule has 1 N–H and O–H groups in total. The molecular weight excluding hydrogens is 302 g/mol. The van der Waals surface area contributed by atoms with E-state index < -0.39 is 0 Å². The van der Waals surface area contributed by atoms with Crippen LogP contribution in [0.25, 0.3) is 10.9 Å². The zero-order chi connectivity index (χ0) is 16.7. The molecule has 1 aromatic carbocycles. The number of fused-ring (bicyclic) bond motifs is 1. The van der Waals surface area contributed by atoms with Crippen molar-refractivity contribution >= 4 is 16.8 Å². The van der Waals surface area contributed by atoms with Gasteiger partial charge in [0.15, 0.2) is 0 Å². The van der Waals surface area contributed by atoms with Crippen LogP contribution in [0.4, 0.5) is 0 Å². The average molecular weight is 323 g/mol. The Morgan fingerprint density at radius 3 is 2.71 bits per heavy atom. The van der Waals surface area contributed by atoms with Crippen LogP contribution in [0.3, 0.4) is 0 Å². The van der Waals surface area contributed by atoms with E-state index in [0.29, 0.717) is 5.92 Å². The van der Waals surface area contributed by atoms with Crippen LogP contribution in [-0.4, -0.2) is 43.6 Å². The van der Waals surface area contributed by atoms with E-state index in [0.717, 1.165) is 53.9 Å². The van der Waals surface area contributed by atoms with E-state index >= 15 is 0 Å². The van der Waals surface area contributed by atoms with Crippen LogP contribution in [0.15, 0.2) is 30.6 Å². The number of rotatable bonds is 2. The minimum Gasteiger partial charge on any atom is -0.358 e. The summed E-state index contributed by atoms with van der Waals surface area (Å²) in [6.07, 6.45) is 3.60. The summed E-state index contributed by atoms with van der Waals surface area (Å²) in [5.41, 5.74) is 2.77. The van der Waals surface area contributed by atoms with E-state index in [1.54, 1.807) is 6.33 Å². The molecule has 1 amide bonds. The number of nitrogens with one attached hydrogen (secondary N) is 1. The Hall–Kier alpha value is -2.63. The molecule has 4 rings (SSSR count). The zero-order valence-electron chi connectivity index (χ0n) is 14.0. The summed E-state index contributed by atoms with van der Waals surface area (Å²) in [6, 6.07) is 7.99. The average Bonchev–Trinajstić information content (AvgIpc) is 3.16. The van der Waals surface area contributed by atoms with E-state index in [4.69, 9.17) is 0 Å². The van der Waals surface area contributed by atoms with E-state index in [9.17, 15) is 4.79 Å². The molecule has 0 spiro atoms. The largest absolute Gasteiger partial charge is 0.358 e. The lowest BCUT2D eigenvalue weighted by atomic mass is 9.95. The van der Waals surface area contributed by atoms with Crippen molar-refractivity contribution in [3.8, 4) is 0 Å². The van der Waals surface area contributed by atoms with Crippen molar-refractivity contribution in [2.24, 2.45) is 7.05 Å². The highest BCUT2D eigenvalue weighted by atomic mass is 16.2. The maximum Gasteiger partial charge on any atom is 0.256 e. The van der Waals surface area contributed by atoms with Gasteiger partial charge in [-0.05, 0) is 25.8 Å². The standard InChI is InChI=1S/C18H21N5O/c1-12-16(14-5-3-4-6-15(14)20-12)18(24)23-9-7-13(8-10-23)17-21-19-11-22(17)2/h3-6,11,13,20H,7-10H2,1-2H3. The van der Waals surface area contributed by atoms with Crippen molar-refractivity contribution in [3.63, 3.8) is 0 Å². The van der Waals surface area contributed by atoms with E-state index in [-0.39, 0.29) is 5.91 Å². The molecule has 124 valence electrons. The minimum absolute atomic E-state index is 0.126.